The zero-order valence-corrected chi connectivity index (χ0v) is 16.8. The normalized spacial score (nSPS) is 20.4. The molecule has 0 spiro atoms. The number of nitrogens with one attached hydrogen (secondary N) is 1. The molecular weight excluding hydrogens is 374 g/mol. The van der Waals surface area contributed by atoms with E-state index in [0.717, 1.165) is 24.1 Å². The SMILES string of the molecule is Cc1ccc(NC(=O)C2CCCN(C3=NS(=O)(=O)c4ccccc43)C2)cc1C. The van der Waals surface area contributed by atoms with Gasteiger partial charge in [0.2, 0.25) is 5.91 Å². The van der Waals surface area contributed by atoms with Gasteiger partial charge in [0.1, 0.15) is 4.90 Å². The molecular formula is C21H23N3O3S. The Kier molecular flexibility index (Phi) is 4.71. The zero-order valence-electron chi connectivity index (χ0n) is 16.0. The summed E-state index contributed by atoms with van der Waals surface area (Å²) in [6.45, 7) is 5.20. The first-order valence-corrected chi connectivity index (χ1v) is 10.9. The fourth-order valence-corrected chi connectivity index (χ4v) is 4.99. The number of carbonyl (C=O) groups excluding carboxylic acids is 1. The number of amides is 1. The van der Waals surface area contributed by atoms with Gasteiger partial charge in [0, 0.05) is 24.3 Å². The summed E-state index contributed by atoms with van der Waals surface area (Å²) in [4.78, 5) is 15.0. The fourth-order valence-electron chi connectivity index (χ4n) is 3.76. The van der Waals surface area contributed by atoms with Gasteiger partial charge in [-0.1, -0.05) is 18.2 Å². The highest BCUT2D eigenvalue weighted by Crippen LogP contribution is 2.30. The molecule has 1 atom stereocenters. The molecule has 2 aromatic carbocycles. The van der Waals surface area contributed by atoms with E-state index in [2.05, 4.69) is 9.71 Å². The second-order valence-electron chi connectivity index (χ2n) is 7.46. The Balaban J connectivity index is 1.52. The smallest absolute Gasteiger partial charge is 0.285 e. The molecule has 1 unspecified atom stereocenters. The largest absolute Gasteiger partial charge is 0.355 e. The van der Waals surface area contributed by atoms with Crippen LogP contribution in [0.5, 0.6) is 0 Å². The highest BCUT2D eigenvalue weighted by atomic mass is 32.2. The fraction of sp³-hybridized carbons (Fsp3) is 0.333. The van der Waals surface area contributed by atoms with E-state index >= 15 is 0 Å². The number of likely N-dealkylation sites (tertiary alicyclic amines) is 1. The number of hydrogen-bond donors (Lipinski definition) is 1. The van der Waals surface area contributed by atoms with Crippen LogP contribution in [-0.4, -0.2) is 38.2 Å². The molecule has 1 N–H and O–H groups in total. The van der Waals surface area contributed by atoms with Crippen molar-refractivity contribution in [3.63, 3.8) is 0 Å². The van der Waals surface area contributed by atoms with Gasteiger partial charge in [-0.2, -0.15) is 8.42 Å². The molecule has 0 aromatic heterocycles. The van der Waals surface area contributed by atoms with E-state index in [1.807, 2.05) is 43.0 Å². The Morgan fingerprint density at radius 1 is 1.14 bits per heavy atom. The number of amidine groups is 1. The number of nitrogens with zero attached hydrogens (tertiary/aromatic N) is 2. The van der Waals surface area contributed by atoms with Crippen LogP contribution in [0.2, 0.25) is 0 Å². The first-order valence-electron chi connectivity index (χ1n) is 9.42. The topological polar surface area (TPSA) is 78.8 Å². The van der Waals surface area contributed by atoms with Crippen LogP contribution >= 0.6 is 0 Å². The summed E-state index contributed by atoms with van der Waals surface area (Å²) in [5, 5.41) is 3.00. The van der Waals surface area contributed by atoms with Gasteiger partial charge in [-0.3, -0.25) is 4.79 Å². The lowest BCUT2D eigenvalue weighted by Gasteiger charge is -2.33. The average Bonchev–Trinajstić information content (AvgIpc) is 2.96. The van der Waals surface area contributed by atoms with Gasteiger partial charge in [0.25, 0.3) is 10.0 Å². The molecule has 7 heteroatoms. The summed E-state index contributed by atoms with van der Waals surface area (Å²) >= 11 is 0. The average molecular weight is 398 g/mol. The van der Waals surface area contributed by atoms with E-state index in [9.17, 15) is 13.2 Å². The first-order chi connectivity index (χ1) is 13.3. The second-order valence-corrected chi connectivity index (χ2v) is 9.03. The summed E-state index contributed by atoms with van der Waals surface area (Å²) in [6, 6.07) is 12.7. The number of benzene rings is 2. The van der Waals surface area contributed by atoms with Gasteiger partial charge in [-0.05, 0) is 62.1 Å². The minimum absolute atomic E-state index is 0.0392. The quantitative estimate of drug-likeness (QED) is 0.845. The summed E-state index contributed by atoms with van der Waals surface area (Å²) in [6.07, 6.45) is 1.58. The van der Waals surface area contributed by atoms with E-state index in [-0.39, 0.29) is 16.7 Å². The molecule has 1 saturated heterocycles. The molecule has 1 fully saturated rings. The number of carbonyl (C=O) groups is 1. The van der Waals surface area contributed by atoms with Crippen molar-refractivity contribution in [2.75, 3.05) is 18.4 Å². The number of hydrogen-bond acceptors (Lipinski definition) is 4. The molecule has 2 aliphatic rings. The van der Waals surface area contributed by atoms with Crippen molar-refractivity contribution in [2.24, 2.45) is 10.3 Å². The van der Waals surface area contributed by atoms with Crippen LogP contribution in [0.15, 0.2) is 51.8 Å². The molecule has 2 heterocycles. The standard InChI is InChI=1S/C21H23N3O3S/c1-14-9-10-17(12-15(14)2)22-21(25)16-6-5-11-24(13-16)20-18-7-3-4-8-19(18)28(26,27)23-20/h3-4,7-10,12,16H,5-6,11,13H2,1-2H3,(H,22,25). The number of aryl methyl sites for hydroxylation is 2. The molecule has 2 aromatic rings. The zero-order chi connectivity index (χ0) is 19.9. The Morgan fingerprint density at radius 3 is 2.71 bits per heavy atom. The summed E-state index contributed by atoms with van der Waals surface area (Å²) in [7, 11) is -3.65. The molecule has 0 aliphatic carbocycles. The lowest BCUT2D eigenvalue weighted by atomic mass is 9.96. The maximum absolute atomic E-state index is 12.8. The minimum atomic E-state index is -3.65. The maximum atomic E-state index is 12.8. The third-order valence-corrected chi connectivity index (χ3v) is 6.80. The van der Waals surface area contributed by atoms with Gasteiger partial charge in [-0.25, -0.2) is 0 Å². The predicted molar refractivity (Wildman–Crippen MR) is 109 cm³/mol. The van der Waals surface area contributed by atoms with Crippen molar-refractivity contribution in [1.29, 1.82) is 0 Å². The van der Waals surface area contributed by atoms with Crippen molar-refractivity contribution in [1.82, 2.24) is 4.90 Å². The maximum Gasteiger partial charge on any atom is 0.285 e. The minimum Gasteiger partial charge on any atom is -0.355 e. The predicted octanol–water partition coefficient (Wildman–Crippen LogP) is 3.10. The van der Waals surface area contributed by atoms with Crippen molar-refractivity contribution >= 4 is 27.5 Å². The number of piperidine rings is 1. The molecule has 0 bridgehead atoms. The number of fused-ring (bicyclic) bond motifs is 1. The number of sulfonamides is 1. The lowest BCUT2D eigenvalue weighted by molar-refractivity contribution is -0.121. The van der Waals surface area contributed by atoms with Gasteiger partial charge in [0.15, 0.2) is 5.84 Å². The third-order valence-electron chi connectivity index (χ3n) is 5.48. The molecule has 0 saturated carbocycles. The van der Waals surface area contributed by atoms with Crippen LogP contribution < -0.4 is 5.32 Å². The first kappa shape index (κ1) is 18.7. The highest BCUT2D eigenvalue weighted by molar-refractivity contribution is 7.90. The molecule has 6 nitrogen and oxygen atoms in total. The Labute approximate surface area is 165 Å². The Bertz CT molecular complexity index is 1080. The van der Waals surface area contributed by atoms with Crippen LogP contribution in [0.3, 0.4) is 0 Å². The van der Waals surface area contributed by atoms with E-state index in [4.69, 9.17) is 0 Å². The van der Waals surface area contributed by atoms with Crippen molar-refractivity contribution in [3.05, 3.63) is 59.2 Å². The molecule has 146 valence electrons. The van der Waals surface area contributed by atoms with Crippen LogP contribution in [-0.2, 0) is 14.8 Å². The van der Waals surface area contributed by atoms with Gasteiger partial charge in [0.05, 0.1) is 5.92 Å². The van der Waals surface area contributed by atoms with Crippen LogP contribution in [0.25, 0.3) is 0 Å². The van der Waals surface area contributed by atoms with E-state index in [1.54, 1.807) is 18.2 Å². The molecule has 4 rings (SSSR count). The Hall–Kier alpha value is -2.67. The van der Waals surface area contributed by atoms with Crippen molar-refractivity contribution < 1.29 is 13.2 Å². The molecule has 1 amide bonds. The van der Waals surface area contributed by atoms with E-state index < -0.39 is 10.0 Å². The monoisotopic (exact) mass is 397 g/mol. The number of rotatable bonds is 2. The summed E-state index contributed by atoms with van der Waals surface area (Å²) in [5.74, 6) is 0.204. The van der Waals surface area contributed by atoms with E-state index in [0.29, 0.717) is 24.5 Å². The van der Waals surface area contributed by atoms with Crippen LogP contribution in [0.1, 0.15) is 29.5 Å². The van der Waals surface area contributed by atoms with E-state index in [1.165, 1.54) is 5.56 Å². The van der Waals surface area contributed by atoms with Crippen LogP contribution in [0.4, 0.5) is 5.69 Å². The lowest BCUT2D eigenvalue weighted by Crippen LogP contribution is -2.43. The van der Waals surface area contributed by atoms with Gasteiger partial charge in [-0.15, -0.1) is 4.40 Å². The highest BCUT2D eigenvalue weighted by Gasteiger charge is 2.35. The summed E-state index contributed by atoms with van der Waals surface area (Å²) in [5.41, 5.74) is 3.72. The molecule has 2 aliphatic heterocycles. The molecule has 28 heavy (non-hydrogen) atoms. The van der Waals surface area contributed by atoms with Crippen molar-refractivity contribution in [2.45, 2.75) is 31.6 Å². The van der Waals surface area contributed by atoms with Gasteiger partial charge < -0.3 is 10.2 Å². The summed E-state index contributed by atoms with van der Waals surface area (Å²) < 4.78 is 28.7. The number of anilines is 1. The van der Waals surface area contributed by atoms with Crippen LogP contribution in [0, 0.1) is 19.8 Å². The molecule has 0 radical (unpaired) electrons. The Morgan fingerprint density at radius 2 is 1.93 bits per heavy atom. The second kappa shape index (κ2) is 7.05. The van der Waals surface area contributed by atoms with Gasteiger partial charge >= 0.3 is 0 Å². The van der Waals surface area contributed by atoms with Crippen molar-refractivity contribution in [3.8, 4) is 0 Å². The third kappa shape index (κ3) is 3.42.